The zero-order chi connectivity index (χ0) is 41.3. The molecule has 9 aromatic rings. The van der Waals surface area contributed by atoms with Crippen molar-refractivity contribution in [2.75, 3.05) is 0 Å². The topological polar surface area (TPSA) is 38.9 Å². The molecular weight excluding hydrogens is 925 g/mol. The van der Waals surface area contributed by atoms with Crippen LogP contribution in [-0.2, 0) is 26.5 Å². The van der Waals surface area contributed by atoms with Gasteiger partial charge in [0.15, 0.2) is 0 Å². The molecule has 303 valence electrons. The first-order chi connectivity index (χ1) is 28.3. The maximum atomic E-state index is 6.44. The number of hydrogen-bond acceptors (Lipinski definition) is 3. The molecule has 0 fully saturated rings. The van der Waals surface area contributed by atoms with Gasteiger partial charge in [0.05, 0.1) is 13.7 Å². The van der Waals surface area contributed by atoms with Crippen LogP contribution in [0.15, 0.2) is 156 Å². The number of furan rings is 1. The Morgan fingerprint density at radius 1 is 0.617 bits per heavy atom. The number of pyridine rings is 2. The molecule has 0 saturated carbocycles. The molecule has 0 unspecified atom stereocenters. The Hall–Kier alpha value is -5.45. The minimum absolute atomic E-state index is 0. The molecule has 9 rings (SSSR count). The monoisotopic (exact) mass is 977 g/mol. The van der Waals surface area contributed by atoms with Crippen LogP contribution >= 0.6 is 0 Å². The van der Waals surface area contributed by atoms with Gasteiger partial charge in [-0.25, -0.2) is 0 Å². The van der Waals surface area contributed by atoms with Crippen LogP contribution < -0.4 is 5.19 Å². The average molecular weight is 977 g/mol. The van der Waals surface area contributed by atoms with Crippen LogP contribution in [0.5, 0.6) is 0 Å². The van der Waals surface area contributed by atoms with Gasteiger partial charge < -0.3 is 14.4 Å². The number of nitrogens with zero attached hydrogens (tertiary/aromatic N) is 2. The number of hydrogen-bond donors (Lipinski definition) is 0. The summed E-state index contributed by atoms with van der Waals surface area (Å²) >= 11 is 0. The second-order valence-corrected chi connectivity index (χ2v) is 23.2. The molecule has 0 N–H and O–H groups in total. The van der Waals surface area contributed by atoms with Gasteiger partial charge in [-0.2, -0.15) is 0 Å². The zero-order valence-corrected chi connectivity index (χ0v) is 39.2. The van der Waals surface area contributed by atoms with Crippen molar-refractivity contribution < 1.29 is 24.5 Å². The summed E-state index contributed by atoms with van der Waals surface area (Å²) in [5.74, 6) is 0.436. The van der Waals surface area contributed by atoms with Crippen LogP contribution in [0.25, 0.3) is 77.5 Å². The second kappa shape index (κ2) is 17.6. The molecule has 0 aliphatic carbocycles. The van der Waals surface area contributed by atoms with Crippen molar-refractivity contribution in [1.29, 1.82) is 0 Å². The van der Waals surface area contributed by atoms with Crippen molar-refractivity contribution in [3.05, 3.63) is 175 Å². The van der Waals surface area contributed by atoms with Crippen LogP contribution in [0.4, 0.5) is 0 Å². The van der Waals surface area contributed by atoms with Gasteiger partial charge in [-0.15, -0.1) is 47.3 Å². The minimum Gasteiger partial charge on any atom is -0.501 e. The molecule has 0 bridgehead atoms. The standard InChI is InChI=1S/C32H24NO.C23H28NSi.Ir/c1-21(2)23-16-17-33-30(19-23)29-13-7-12-28-27-15-14-26(20-31(27)34-32(28)29)25-11-6-10-24(18-25)22-8-4-3-5-9-22;1-23(2,3)15-18-14-21(24-16-22(18)25(4,5)6)20-13-9-11-17-10-7-8-12-19(17)20;/h3-12,14-21H,1-2H3;7-12,14,16H,15H2,1-6H3;/q2*-1;. The first-order valence-corrected chi connectivity index (χ1v) is 24.2. The predicted octanol–water partition coefficient (Wildman–Crippen LogP) is 14.7. The normalized spacial score (nSPS) is 11.8. The van der Waals surface area contributed by atoms with E-state index in [2.05, 4.69) is 199 Å². The van der Waals surface area contributed by atoms with Gasteiger partial charge >= 0.3 is 0 Å². The quantitative estimate of drug-likeness (QED) is 0.118. The fourth-order valence-electron chi connectivity index (χ4n) is 7.96. The summed E-state index contributed by atoms with van der Waals surface area (Å²) in [6.07, 6.45) is 5.09. The van der Waals surface area contributed by atoms with Gasteiger partial charge in [0, 0.05) is 37.9 Å². The largest absolute Gasteiger partial charge is 0.501 e. The van der Waals surface area contributed by atoms with Crippen LogP contribution in [0.3, 0.4) is 0 Å². The van der Waals surface area contributed by atoms with E-state index in [1.807, 2.05) is 24.4 Å². The molecule has 0 spiro atoms. The Morgan fingerprint density at radius 2 is 1.28 bits per heavy atom. The van der Waals surface area contributed by atoms with Crippen molar-refractivity contribution >= 4 is 46.0 Å². The molecule has 0 aliphatic heterocycles. The Labute approximate surface area is 370 Å². The molecule has 3 aromatic heterocycles. The molecule has 3 heterocycles. The van der Waals surface area contributed by atoms with E-state index in [1.54, 1.807) is 0 Å². The molecule has 0 amide bonds. The van der Waals surface area contributed by atoms with Crippen LogP contribution in [0, 0.1) is 17.5 Å². The van der Waals surface area contributed by atoms with Gasteiger partial charge in [-0.1, -0.05) is 179 Å². The van der Waals surface area contributed by atoms with E-state index in [-0.39, 0.29) is 25.5 Å². The average Bonchev–Trinajstić information content (AvgIpc) is 3.61. The summed E-state index contributed by atoms with van der Waals surface area (Å²) in [6, 6.07) is 55.6. The van der Waals surface area contributed by atoms with E-state index in [0.29, 0.717) is 5.92 Å². The Bertz CT molecular complexity index is 2910. The summed E-state index contributed by atoms with van der Waals surface area (Å²) in [6.45, 7) is 18.5. The second-order valence-electron chi connectivity index (χ2n) is 18.1. The minimum atomic E-state index is -1.43. The number of rotatable bonds is 7. The number of fused-ring (bicyclic) bond motifs is 4. The summed E-state index contributed by atoms with van der Waals surface area (Å²) in [7, 11) is -1.43. The third kappa shape index (κ3) is 9.30. The van der Waals surface area contributed by atoms with E-state index >= 15 is 0 Å². The van der Waals surface area contributed by atoms with Crippen LogP contribution in [-0.4, -0.2) is 18.0 Å². The molecule has 0 saturated heterocycles. The maximum absolute atomic E-state index is 6.44. The number of benzene rings is 6. The Balaban J connectivity index is 0.000000187. The van der Waals surface area contributed by atoms with Crippen molar-refractivity contribution in [2.45, 2.75) is 66.6 Å². The SMILES string of the molecule is CC(C)(C)Cc1cc(-c2[c-]ccc3ccccc23)ncc1[Si](C)(C)C.CC(C)c1ccnc(-c2[c-]ccc3c2oc2cc(-c4cccc(-c5ccccc5)c4)ccc23)c1.[Ir]. The molecule has 5 heteroatoms. The smallest absolute Gasteiger partial charge is 0.121 e. The van der Waals surface area contributed by atoms with Crippen LogP contribution in [0.2, 0.25) is 19.6 Å². The van der Waals surface area contributed by atoms with E-state index in [4.69, 9.17) is 9.40 Å². The van der Waals surface area contributed by atoms with E-state index < -0.39 is 8.07 Å². The van der Waals surface area contributed by atoms with Gasteiger partial charge in [-0.05, 0) is 74.8 Å². The molecular formula is C55H52IrN2OSi-2. The number of aromatic nitrogens is 2. The molecule has 0 aliphatic rings. The third-order valence-electron chi connectivity index (χ3n) is 10.9. The van der Waals surface area contributed by atoms with Crippen LogP contribution in [0.1, 0.15) is 51.7 Å². The van der Waals surface area contributed by atoms with E-state index in [0.717, 1.165) is 56.4 Å². The summed E-state index contributed by atoms with van der Waals surface area (Å²) in [5.41, 5.74) is 13.3. The fourth-order valence-corrected chi connectivity index (χ4v) is 9.54. The van der Waals surface area contributed by atoms with Crippen molar-refractivity contribution in [2.24, 2.45) is 5.41 Å². The van der Waals surface area contributed by atoms with Gasteiger partial charge in [0.1, 0.15) is 5.58 Å². The summed E-state index contributed by atoms with van der Waals surface area (Å²) in [4.78, 5) is 9.48. The van der Waals surface area contributed by atoms with E-state index in [9.17, 15) is 0 Å². The maximum Gasteiger partial charge on any atom is 0.121 e. The fraction of sp³-hybridized carbons (Fsp3) is 0.200. The summed E-state index contributed by atoms with van der Waals surface area (Å²) < 4.78 is 6.44. The van der Waals surface area contributed by atoms with Crippen molar-refractivity contribution in [1.82, 2.24) is 9.97 Å². The first-order valence-electron chi connectivity index (χ1n) is 20.7. The molecule has 1 radical (unpaired) electrons. The molecule has 0 atom stereocenters. The van der Waals surface area contributed by atoms with Crippen molar-refractivity contribution in [3.8, 4) is 44.8 Å². The van der Waals surface area contributed by atoms with Gasteiger partial charge in [-0.3, -0.25) is 0 Å². The zero-order valence-electron chi connectivity index (χ0n) is 35.9. The molecule has 60 heavy (non-hydrogen) atoms. The Morgan fingerprint density at radius 3 is 2.03 bits per heavy atom. The molecule has 3 nitrogen and oxygen atoms in total. The van der Waals surface area contributed by atoms with Gasteiger partial charge in [0.25, 0.3) is 0 Å². The van der Waals surface area contributed by atoms with Gasteiger partial charge in [0.2, 0.25) is 0 Å². The first kappa shape index (κ1) is 42.7. The van der Waals surface area contributed by atoms with Crippen molar-refractivity contribution in [3.63, 3.8) is 0 Å². The Kier molecular flexibility index (Phi) is 12.5. The third-order valence-corrected chi connectivity index (χ3v) is 13.0. The molecule has 6 aromatic carbocycles. The van der Waals surface area contributed by atoms with E-state index in [1.165, 1.54) is 43.8 Å². The summed E-state index contributed by atoms with van der Waals surface area (Å²) in [5, 5.41) is 6.13. The predicted molar refractivity (Wildman–Crippen MR) is 253 cm³/mol.